The highest BCUT2D eigenvalue weighted by atomic mass is 127. The fourth-order valence-corrected chi connectivity index (χ4v) is 1.94. The molecule has 0 amide bonds. The smallest absolute Gasteiger partial charge is 0.120 e. The largest absolute Gasteiger partial charge is 0.489 e. The first-order valence-corrected chi connectivity index (χ1v) is 6.32. The quantitative estimate of drug-likeness (QED) is 0.744. The zero-order chi connectivity index (χ0) is 11.4. The van der Waals surface area contributed by atoms with Crippen molar-refractivity contribution in [1.29, 1.82) is 0 Å². The molecule has 0 aliphatic carbocycles. The van der Waals surface area contributed by atoms with Gasteiger partial charge in [0.05, 0.1) is 0 Å². The van der Waals surface area contributed by atoms with E-state index in [9.17, 15) is 0 Å². The van der Waals surface area contributed by atoms with Gasteiger partial charge in [-0.1, -0.05) is 29.8 Å². The fourth-order valence-electron chi connectivity index (χ4n) is 1.30. The van der Waals surface area contributed by atoms with Crippen molar-refractivity contribution in [2.75, 3.05) is 0 Å². The molecule has 1 nitrogen and oxygen atoms in total. The van der Waals surface area contributed by atoms with Crippen molar-refractivity contribution in [3.63, 3.8) is 0 Å². The van der Waals surface area contributed by atoms with E-state index in [0.29, 0.717) is 6.61 Å². The molecule has 0 heterocycles. The molecule has 0 spiro atoms. The molecule has 0 saturated heterocycles. The van der Waals surface area contributed by atoms with E-state index in [1.807, 2.05) is 48.5 Å². The molecule has 0 unspecified atom stereocenters. The summed E-state index contributed by atoms with van der Waals surface area (Å²) in [6.07, 6.45) is 0. The van der Waals surface area contributed by atoms with Crippen molar-refractivity contribution < 1.29 is 4.74 Å². The van der Waals surface area contributed by atoms with E-state index in [0.717, 1.165) is 16.3 Å². The number of halogens is 2. The van der Waals surface area contributed by atoms with Gasteiger partial charge in [0.1, 0.15) is 12.4 Å². The Hall–Kier alpha value is -0.740. The Morgan fingerprint density at radius 1 is 1.06 bits per heavy atom. The lowest BCUT2D eigenvalue weighted by molar-refractivity contribution is 0.306. The summed E-state index contributed by atoms with van der Waals surface area (Å²) in [6.45, 7) is 0.567. The first-order valence-electron chi connectivity index (χ1n) is 4.87. The summed E-state index contributed by atoms with van der Waals surface area (Å²) >= 11 is 8.07. The Labute approximate surface area is 114 Å². The van der Waals surface area contributed by atoms with Crippen LogP contribution < -0.4 is 4.74 Å². The maximum absolute atomic E-state index is 5.81. The third-order valence-electron chi connectivity index (χ3n) is 2.11. The molecule has 0 fully saturated rings. The van der Waals surface area contributed by atoms with Gasteiger partial charge < -0.3 is 4.74 Å². The Balaban J connectivity index is 1.99. The molecule has 0 atom stereocenters. The van der Waals surface area contributed by atoms with Gasteiger partial charge >= 0.3 is 0 Å². The first-order chi connectivity index (χ1) is 7.74. The summed E-state index contributed by atoms with van der Waals surface area (Å²) in [6, 6.07) is 15.7. The molecule has 2 rings (SSSR count). The normalized spacial score (nSPS) is 10.1. The summed E-state index contributed by atoms with van der Waals surface area (Å²) in [4.78, 5) is 0. The summed E-state index contributed by atoms with van der Waals surface area (Å²) in [7, 11) is 0. The SMILES string of the molecule is Clc1ccc(COc2cccc(I)c2)cc1. The van der Waals surface area contributed by atoms with Crippen LogP contribution in [-0.2, 0) is 6.61 Å². The van der Waals surface area contributed by atoms with Crippen molar-refractivity contribution >= 4 is 34.2 Å². The van der Waals surface area contributed by atoms with E-state index in [1.54, 1.807) is 0 Å². The minimum Gasteiger partial charge on any atom is -0.489 e. The summed E-state index contributed by atoms with van der Waals surface area (Å²) in [5.41, 5.74) is 1.11. The minimum absolute atomic E-state index is 0.567. The third-order valence-corrected chi connectivity index (χ3v) is 3.04. The van der Waals surface area contributed by atoms with Crippen LogP contribution in [0, 0.1) is 3.57 Å². The van der Waals surface area contributed by atoms with E-state index < -0.39 is 0 Å². The monoisotopic (exact) mass is 344 g/mol. The van der Waals surface area contributed by atoms with Gasteiger partial charge in [-0.2, -0.15) is 0 Å². The highest BCUT2D eigenvalue weighted by molar-refractivity contribution is 14.1. The van der Waals surface area contributed by atoms with Crippen LogP contribution in [0.15, 0.2) is 48.5 Å². The zero-order valence-electron chi connectivity index (χ0n) is 8.49. The summed E-state index contributed by atoms with van der Waals surface area (Å²) in [5, 5.41) is 0.748. The van der Waals surface area contributed by atoms with Gasteiger partial charge in [0.25, 0.3) is 0 Å². The predicted molar refractivity (Wildman–Crippen MR) is 74.9 cm³/mol. The van der Waals surface area contributed by atoms with E-state index in [1.165, 1.54) is 3.57 Å². The van der Waals surface area contributed by atoms with Gasteiger partial charge in [-0.15, -0.1) is 0 Å². The number of benzene rings is 2. The highest BCUT2D eigenvalue weighted by Gasteiger charge is 1.96. The van der Waals surface area contributed by atoms with Crippen LogP contribution in [0.5, 0.6) is 5.75 Å². The molecule has 0 N–H and O–H groups in total. The summed E-state index contributed by atoms with van der Waals surface area (Å²) < 4.78 is 6.84. The molecule has 3 heteroatoms. The lowest BCUT2D eigenvalue weighted by Gasteiger charge is -2.06. The van der Waals surface area contributed by atoms with Gasteiger partial charge in [-0.05, 0) is 58.5 Å². The van der Waals surface area contributed by atoms with Gasteiger partial charge in [0, 0.05) is 8.59 Å². The lowest BCUT2D eigenvalue weighted by atomic mass is 10.2. The average Bonchev–Trinajstić information content (AvgIpc) is 2.28. The van der Waals surface area contributed by atoms with Crippen LogP contribution in [0.1, 0.15) is 5.56 Å². The van der Waals surface area contributed by atoms with Crippen molar-refractivity contribution in [2.45, 2.75) is 6.61 Å². The van der Waals surface area contributed by atoms with Gasteiger partial charge in [0.15, 0.2) is 0 Å². The Morgan fingerprint density at radius 2 is 1.81 bits per heavy atom. The molecule has 2 aromatic carbocycles. The fraction of sp³-hybridized carbons (Fsp3) is 0.0769. The first kappa shape index (κ1) is 11.7. The number of hydrogen-bond donors (Lipinski definition) is 0. The summed E-state index contributed by atoms with van der Waals surface area (Å²) in [5.74, 6) is 0.891. The average molecular weight is 345 g/mol. The Kier molecular flexibility index (Phi) is 4.07. The van der Waals surface area contributed by atoms with Gasteiger partial charge in [-0.3, -0.25) is 0 Å². The van der Waals surface area contributed by atoms with Gasteiger partial charge in [0.2, 0.25) is 0 Å². The topological polar surface area (TPSA) is 9.23 Å². The third kappa shape index (κ3) is 3.39. The molecule has 0 radical (unpaired) electrons. The lowest BCUT2D eigenvalue weighted by Crippen LogP contribution is -1.94. The Morgan fingerprint density at radius 3 is 2.50 bits per heavy atom. The van der Waals surface area contributed by atoms with Crippen LogP contribution in [0.25, 0.3) is 0 Å². The molecule has 0 aliphatic rings. The van der Waals surface area contributed by atoms with E-state index in [2.05, 4.69) is 22.6 Å². The minimum atomic E-state index is 0.567. The number of ether oxygens (including phenoxy) is 1. The van der Waals surface area contributed by atoms with Gasteiger partial charge in [-0.25, -0.2) is 0 Å². The van der Waals surface area contributed by atoms with Crippen LogP contribution >= 0.6 is 34.2 Å². The second-order valence-corrected chi connectivity index (χ2v) is 5.05. The second-order valence-electron chi connectivity index (χ2n) is 3.37. The zero-order valence-corrected chi connectivity index (χ0v) is 11.4. The second kappa shape index (κ2) is 5.55. The molecular weight excluding hydrogens is 334 g/mol. The van der Waals surface area contributed by atoms with Crippen molar-refractivity contribution in [1.82, 2.24) is 0 Å². The van der Waals surface area contributed by atoms with E-state index >= 15 is 0 Å². The molecule has 0 saturated carbocycles. The maximum atomic E-state index is 5.81. The molecule has 0 aromatic heterocycles. The van der Waals surface area contributed by atoms with Crippen molar-refractivity contribution in [3.8, 4) is 5.75 Å². The van der Waals surface area contributed by atoms with Crippen molar-refractivity contribution in [3.05, 3.63) is 62.7 Å². The molecule has 16 heavy (non-hydrogen) atoms. The highest BCUT2D eigenvalue weighted by Crippen LogP contribution is 2.17. The van der Waals surface area contributed by atoms with Crippen molar-refractivity contribution in [2.24, 2.45) is 0 Å². The number of hydrogen-bond acceptors (Lipinski definition) is 1. The molecular formula is C13H10ClIO. The maximum Gasteiger partial charge on any atom is 0.120 e. The predicted octanol–water partition coefficient (Wildman–Crippen LogP) is 4.52. The number of rotatable bonds is 3. The van der Waals surface area contributed by atoms with Crippen LogP contribution in [0.2, 0.25) is 5.02 Å². The molecule has 0 aliphatic heterocycles. The standard InChI is InChI=1S/C13H10ClIO/c14-11-6-4-10(5-7-11)9-16-13-3-1-2-12(15)8-13/h1-8H,9H2. The Bertz CT molecular complexity index is 468. The van der Waals surface area contributed by atoms with Crippen LogP contribution in [0.3, 0.4) is 0 Å². The molecule has 2 aromatic rings. The molecule has 82 valence electrons. The van der Waals surface area contributed by atoms with E-state index in [4.69, 9.17) is 16.3 Å². The van der Waals surface area contributed by atoms with Crippen LogP contribution in [0.4, 0.5) is 0 Å². The molecule has 0 bridgehead atoms. The van der Waals surface area contributed by atoms with Crippen LogP contribution in [-0.4, -0.2) is 0 Å². The van der Waals surface area contributed by atoms with E-state index in [-0.39, 0.29) is 0 Å².